The number of aryl methyl sites for hydroxylation is 1. The van der Waals surface area contributed by atoms with Gasteiger partial charge in [0, 0.05) is 12.6 Å². The van der Waals surface area contributed by atoms with Crippen LogP contribution in [0.25, 0.3) is 0 Å². The van der Waals surface area contributed by atoms with Crippen molar-refractivity contribution in [1.82, 2.24) is 10.2 Å². The second-order valence-corrected chi connectivity index (χ2v) is 6.87. The molecular weight excluding hydrogens is 336 g/mol. The van der Waals surface area contributed by atoms with Crippen LogP contribution in [0.1, 0.15) is 28.3 Å². The molecular formula is C19H24N2O3S. The minimum Gasteiger partial charge on any atom is -0.464 e. The van der Waals surface area contributed by atoms with Crippen molar-refractivity contribution in [3.63, 3.8) is 0 Å². The van der Waals surface area contributed by atoms with Gasteiger partial charge in [-0.25, -0.2) is 0 Å². The van der Waals surface area contributed by atoms with E-state index < -0.39 is 6.04 Å². The summed E-state index contributed by atoms with van der Waals surface area (Å²) >= 11 is 1.65. The molecule has 0 aliphatic rings. The number of thioether (sulfide) groups is 1. The molecule has 0 fully saturated rings. The highest BCUT2D eigenvalue weighted by Crippen LogP contribution is 2.11. The number of amides is 2. The molecule has 1 heterocycles. The van der Waals surface area contributed by atoms with Gasteiger partial charge in [-0.15, -0.1) is 0 Å². The molecule has 0 saturated carbocycles. The van der Waals surface area contributed by atoms with Crippen molar-refractivity contribution < 1.29 is 14.0 Å². The number of furan rings is 1. The number of benzene rings is 1. The maximum absolute atomic E-state index is 12.8. The summed E-state index contributed by atoms with van der Waals surface area (Å²) in [6.45, 7) is 2.25. The maximum atomic E-state index is 12.8. The lowest BCUT2D eigenvalue weighted by Gasteiger charge is -2.24. The van der Waals surface area contributed by atoms with E-state index in [4.69, 9.17) is 4.42 Å². The predicted octanol–water partition coefficient (Wildman–Crippen LogP) is 3.10. The summed E-state index contributed by atoms with van der Waals surface area (Å²) in [5, 5.41) is 2.87. The zero-order valence-electron chi connectivity index (χ0n) is 14.8. The summed E-state index contributed by atoms with van der Waals surface area (Å²) in [5.74, 6) is 1.98. The molecule has 134 valence electrons. The molecule has 5 nitrogen and oxygen atoms in total. The largest absolute Gasteiger partial charge is 0.464 e. The van der Waals surface area contributed by atoms with Gasteiger partial charge in [-0.1, -0.05) is 18.2 Å². The van der Waals surface area contributed by atoms with E-state index in [9.17, 15) is 9.59 Å². The lowest BCUT2D eigenvalue weighted by atomic mass is 10.1. The zero-order chi connectivity index (χ0) is 18.2. The first-order valence-corrected chi connectivity index (χ1v) is 9.55. The van der Waals surface area contributed by atoms with Gasteiger partial charge in [0.2, 0.25) is 5.91 Å². The van der Waals surface area contributed by atoms with Crippen LogP contribution in [0.15, 0.2) is 46.9 Å². The van der Waals surface area contributed by atoms with E-state index in [-0.39, 0.29) is 11.8 Å². The van der Waals surface area contributed by atoms with E-state index in [1.807, 2.05) is 31.4 Å². The molecule has 2 amide bonds. The van der Waals surface area contributed by atoms with Gasteiger partial charge in [0.1, 0.15) is 17.6 Å². The summed E-state index contributed by atoms with van der Waals surface area (Å²) < 4.78 is 5.53. The van der Waals surface area contributed by atoms with Crippen LogP contribution in [0.4, 0.5) is 0 Å². The molecule has 2 aromatic rings. The quantitative estimate of drug-likeness (QED) is 0.786. The molecule has 0 bridgehead atoms. The van der Waals surface area contributed by atoms with Crippen LogP contribution >= 0.6 is 11.8 Å². The summed E-state index contributed by atoms with van der Waals surface area (Å²) in [6, 6.07) is 12.1. The zero-order valence-corrected chi connectivity index (χ0v) is 15.6. The van der Waals surface area contributed by atoms with Gasteiger partial charge < -0.3 is 14.6 Å². The minimum absolute atomic E-state index is 0.118. The Morgan fingerprint density at radius 2 is 1.92 bits per heavy atom. The molecule has 0 aliphatic carbocycles. The first-order valence-electron chi connectivity index (χ1n) is 8.16. The van der Waals surface area contributed by atoms with Crippen LogP contribution in [0.5, 0.6) is 0 Å². The smallest absolute Gasteiger partial charge is 0.251 e. The highest BCUT2D eigenvalue weighted by Gasteiger charge is 2.24. The van der Waals surface area contributed by atoms with E-state index in [2.05, 4.69) is 5.32 Å². The number of hydrogen-bond donors (Lipinski definition) is 1. The number of carbonyl (C=O) groups excluding carboxylic acids is 2. The molecule has 0 aliphatic heterocycles. The molecule has 1 N–H and O–H groups in total. The summed E-state index contributed by atoms with van der Waals surface area (Å²) in [4.78, 5) is 26.8. The van der Waals surface area contributed by atoms with Crippen LogP contribution in [-0.2, 0) is 11.3 Å². The number of nitrogens with zero attached hydrogens (tertiary/aromatic N) is 1. The van der Waals surface area contributed by atoms with Crippen LogP contribution in [0.3, 0.4) is 0 Å². The fourth-order valence-corrected chi connectivity index (χ4v) is 2.94. The molecule has 1 atom stereocenters. The Morgan fingerprint density at radius 1 is 1.20 bits per heavy atom. The van der Waals surface area contributed by atoms with E-state index in [0.717, 1.165) is 17.3 Å². The molecule has 0 spiro atoms. The van der Waals surface area contributed by atoms with Crippen LogP contribution in [-0.4, -0.2) is 41.8 Å². The Balaban J connectivity index is 2.04. The summed E-state index contributed by atoms with van der Waals surface area (Å²) in [7, 11) is 1.72. The highest BCUT2D eigenvalue weighted by molar-refractivity contribution is 7.98. The summed E-state index contributed by atoms with van der Waals surface area (Å²) in [6.07, 6.45) is 2.57. The fraction of sp³-hybridized carbons (Fsp3) is 0.368. The van der Waals surface area contributed by atoms with Gasteiger partial charge >= 0.3 is 0 Å². The number of hydrogen-bond acceptors (Lipinski definition) is 4. The van der Waals surface area contributed by atoms with E-state index >= 15 is 0 Å². The number of nitrogens with one attached hydrogen (secondary N) is 1. The molecule has 6 heteroatoms. The Hall–Kier alpha value is -2.21. The Labute approximate surface area is 152 Å². The van der Waals surface area contributed by atoms with Crippen LogP contribution in [0.2, 0.25) is 0 Å². The number of likely N-dealkylation sites (N-methyl/N-ethyl adjacent to an activating group) is 1. The van der Waals surface area contributed by atoms with Gasteiger partial charge in [-0.2, -0.15) is 11.8 Å². The third-order valence-corrected chi connectivity index (χ3v) is 4.46. The average molecular weight is 360 g/mol. The lowest BCUT2D eigenvalue weighted by molar-refractivity contribution is -0.132. The van der Waals surface area contributed by atoms with Crippen molar-refractivity contribution in [3.05, 3.63) is 59.5 Å². The van der Waals surface area contributed by atoms with Crippen molar-refractivity contribution in [2.75, 3.05) is 19.1 Å². The number of rotatable bonds is 8. The second kappa shape index (κ2) is 9.32. The second-order valence-electron chi connectivity index (χ2n) is 5.88. The van der Waals surface area contributed by atoms with Gasteiger partial charge in [-0.3, -0.25) is 9.59 Å². The molecule has 25 heavy (non-hydrogen) atoms. The molecule has 1 aromatic heterocycles. The molecule has 0 saturated heterocycles. The normalized spacial score (nSPS) is 11.8. The van der Waals surface area contributed by atoms with Crippen molar-refractivity contribution in [1.29, 1.82) is 0 Å². The van der Waals surface area contributed by atoms with Gasteiger partial charge in [0.15, 0.2) is 0 Å². The third kappa shape index (κ3) is 5.67. The average Bonchev–Trinajstić information content (AvgIpc) is 3.03. The van der Waals surface area contributed by atoms with Gasteiger partial charge in [0.25, 0.3) is 5.91 Å². The SMILES string of the molecule is CSCCC(NC(=O)c1ccccc1)C(=O)N(C)Cc1ccc(C)o1. The Morgan fingerprint density at radius 3 is 2.52 bits per heavy atom. The van der Waals surface area contributed by atoms with Crippen molar-refractivity contribution >= 4 is 23.6 Å². The fourth-order valence-electron chi connectivity index (χ4n) is 2.47. The monoisotopic (exact) mass is 360 g/mol. The standard InChI is InChI=1S/C19H24N2O3S/c1-14-9-10-16(24-14)13-21(2)19(23)17(11-12-25-3)20-18(22)15-7-5-4-6-8-15/h4-10,17H,11-13H2,1-3H3,(H,20,22). The van der Waals surface area contributed by atoms with Crippen molar-refractivity contribution in [2.45, 2.75) is 25.9 Å². The Bertz CT molecular complexity index is 700. The van der Waals surface area contributed by atoms with Gasteiger partial charge in [-0.05, 0) is 49.6 Å². The third-order valence-electron chi connectivity index (χ3n) is 3.82. The Kier molecular flexibility index (Phi) is 7.13. The van der Waals surface area contributed by atoms with Crippen molar-refractivity contribution in [3.8, 4) is 0 Å². The maximum Gasteiger partial charge on any atom is 0.251 e. The van der Waals surface area contributed by atoms with Gasteiger partial charge in [0.05, 0.1) is 6.54 Å². The van der Waals surface area contributed by atoms with E-state index in [1.165, 1.54) is 0 Å². The molecule has 1 unspecified atom stereocenters. The predicted molar refractivity (Wildman–Crippen MR) is 101 cm³/mol. The van der Waals surface area contributed by atoms with Crippen LogP contribution in [0, 0.1) is 6.92 Å². The molecule has 2 rings (SSSR count). The molecule has 1 aromatic carbocycles. The highest BCUT2D eigenvalue weighted by atomic mass is 32.2. The minimum atomic E-state index is -0.554. The molecule has 0 radical (unpaired) electrons. The first-order chi connectivity index (χ1) is 12.0. The summed E-state index contributed by atoms with van der Waals surface area (Å²) in [5.41, 5.74) is 0.550. The van der Waals surface area contributed by atoms with Crippen LogP contribution < -0.4 is 5.32 Å². The lowest BCUT2D eigenvalue weighted by Crippen LogP contribution is -2.47. The number of carbonyl (C=O) groups is 2. The van der Waals surface area contributed by atoms with E-state index in [0.29, 0.717) is 18.5 Å². The first kappa shape index (κ1) is 19.1. The van der Waals surface area contributed by atoms with Crippen molar-refractivity contribution in [2.24, 2.45) is 0 Å². The van der Waals surface area contributed by atoms with E-state index in [1.54, 1.807) is 48.0 Å². The topological polar surface area (TPSA) is 62.6 Å².